The molecule has 6 heteroatoms. The van der Waals surface area contributed by atoms with Crippen LogP contribution in [-0.2, 0) is 0 Å². The fourth-order valence-electron chi connectivity index (χ4n) is 1.56. The molecular weight excluding hydrogens is 300 g/mol. The molecular formula is C12H9BrN2O3. The lowest BCUT2D eigenvalue weighted by molar-refractivity contribution is -0.384. The van der Waals surface area contributed by atoms with Crippen molar-refractivity contribution in [3.63, 3.8) is 0 Å². The minimum atomic E-state index is -0.453. The summed E-state index contributed by atoms with van der Waals surface area (Å²) in [5.41, 5.74) is 1.33. The molecule has 0 amide bonds. The van der Waals surface area contributed by atoms with Crippen LogP contribution in [0, 0.1) is 17.0 Å². The maximum Gasteiger partial charge on any atom is 0.270 e. The van der Waals surface area contributed by atoms with Crippen LogP contribution in [0.25, 0.3) is 5.69 Å². The van der Waals surface area contributed by atoms with Crippen molar-refractivity contribution >= 4 is 21.6 Å². The van der Waals surface area contributed by atoms with E-state index in [1.807, 2.05) is 0 Å². The van der Waals surface area contributed by atoms with Gasteiger partial charge in [-0.15, -0.1) is 0 Å². The molecule has 0 aliphatic heterocycles. The normalized spacial score (nSPS) is 10.3. The number of nitrogens with zero attached hydrogens (tertiary/aromatic N) is 2. The first-order valence-electron chi connectivity index (χ1n) is 5.12. The van der Waals surface area contributed by atoms with Crippen molar-refractivity contribution in [2.45, 2.75) is 6.92 Å². The Morgan fingerprint density at radius 3 is 2.61 bits per heavy atom. The summed E-state index contributed by atoms with van der Waals surface area (Å²) in [6, 6.07) is 5.95. The molecule has 18 heavy (non-hydrogen) atoms. The van der Waals surface area contributed by atoms with E-state index in [2.05, 4.69) is 15.9 Å². The highest BCUT2D eigenvalue weighted by atomic mass is 79.9. The number of pyridine rings is 1. The Morgan fingerprint density at radius 2 is 2.06 bits per heavy atom. The van der Waals surface area contributed by atoms with Gasteiger partial charge in [0.1, 0.15) is 0 Å². The van der Waals surface area contributed by atoms with Crippen LogP contribution >= 0.6 is 15.9 Å². The zero-order valence-corrected chi connectivity index (χ0v) is 11.0. The maximum atomic E-state index is 11.3. The lowest BCUT2D eigenvalue weighted by Crippen LogP contribution is -2.07. The molecule has 1 aromatic heterocycles. The summed E-state index contributed by atoms with van der Waals surface area (Å²) in [4.78, 5) is 21.5. The van der Waals surface area contributed by atoms with Gasteiger partial charge in [0.25, 0.3) is 5.69 Å². The Labute approximate surface area is 111 Å². The first-order valence-corrected chi connectivity index (χ1v) is 5.91. The van der Waals surface area contributed by atoms with Gasteiger partial charge in [-0.1, -0.05) is 0 Å². The molecule has 0 radical (unpaired) electrons. The van der Waals surface area contributed by atoms with Gasteiger partial charge < -0.3 is 4.57 Å². The van der Waals surface area contributed by atoms with Gasteiger partial charge >= 0.3 is 0 Å². The van der Waals surface area contributed by atoms with Gasteiger partial charge in [0.05, 0.1) is 10.6 Å². The van der Waals surface area contributed by atoms with Gasteiger partial charge in [0.15, 0.2) is 5.43 Å². The molecule has 0 aliphatic carbocycles. The second kappa shape index (κ2) is 4.73. The minimum absolute atomic E-state index is 0.0170. The molecule has 0 fully saturated rings. The zero-order chi connectivity index (χ0) is 13.3. The number of benzene rings is 1. The van der Waals surface area contributed by atoms with Crippen LogP contribution in [0.15, 0.2) is 45.9 Å². The van der Waals surface area contributed by atoms with Crippen LogP contribution in [0.5, 0.6) is 0 Å². The van der Waals surface area contributed by atoms with Crippen molar-refractivity contribution in [2.75, 3.05) is 0 Å². The van der Waals surface area contributed by atoms with E-state index in [0.29, 0.717) is 10.0 Å². The zero-order valence-electron chi connectivity index (χ0n) is 9.46. The van der Waals surface area contributed by atoms with Crippen LogP contribution in [-0.4, -0.2) is 9.49 Å². The van der Waals surface area contributed by atoms with Crippen molar-refractivity contribution in [2.24, 2.45) is 0 Å². The van der Waals surface area contributed by atoms with Crippen LogP contribution in [0.1, 0.15) is 5.56 Å². The van der Waals surface area contributed by atoms with E-state index in [4.69, 9.17) is 0 Å². The topological polar surface area (TPSA) is 65.1 Å². The largest absolute Gasteiger partial charge is 0.322 e. The quantitative estimate of drug-likeness (QED) is 0.633. The predicted molar refractivity (Wildman–Crippen MR) is 71.1 cm³/mol. The van der Waals surface area contributed by atoms with Gasteiger partial charge in [-0.2, -0.15) is 0 Å². The summed E-state index contributed by atoms with van der Waals surface area (Å²) < 4.78 is 2.34. The van der Waals surface area contributed by atoms with Crippen LogP contribution in [0.4, 0.5) is 5.69 Å². The second-order valence-corrected chi connectivity index (χ2v) is 4.65. The van der Waals surface area contributed by atoms with E-state index in [0.717, 1.165) is 5.69 Å². The Hall–Kier alpha value is -1.95. The third-order valence-electron chi connectivity index (χ3n) is 2.53. The number of aryl methyl sites for hydroxylation is 1. The van der Waals surface area contributed by atoms with Crippen molar-refractivity contribution < 1.29 is 4.92 Å². The summed E-state index contributed by atoms with van der Waals surface area (Å²) in [7, 11) is 0. The molecule has 92 valence electrons. The average Bonchev–Trinajstić information content (AvgIpc) is 2.32. The molecule has 0 unspecified atom stereocenters. The number of rotatable bonds is 2. The van der Waals surface area contributed by atoms with Gasteiger partial charge in [-0.05, 0) is 28.9 Å². The molecule has 1 heterocycles. The highest BCUT2D eigenvalue weighted by Gasteiger charge is 2.10. The van der Waals surface area contributed by atoms with Crippen molar-refractivity contribution in [3.05, 3.63) is 67.0 Å². The second-order valence-electron chi connectivity index (χ2n) is 3.79. The molecule has 1 aromatic carbocycles. The van der Waals surface area contributed by atoms with Crippen molar-refractivity contribution in [1.82, 2.24) is 4.57 Å². The molecule has 0 bridgehead atoms. The monoisotopic (exact) mass is 308 g/mol. The van der Waals surface area contributed by atoms with Crippen LogP contribution in [0.2, 0.25) is 0 Å². The SMILES string of the molecule is Cc1cn(-c2ccc([N+](=O)[O-])cc2Br)ccc1=O. The van der Waals surface area contributed by atoms with Gasteiger partial charge in [-0.3, -0.25) is 14.9 Å². The first-order chi connectivity index (χ1) is 8.49. The molecule has 0 saturated heterocycles. The molecule has 2 aromatic rings. The summed E-state index contributed by atoms with van der Waals surface area (Å²) in [5.74, 6) is 0. The summed E-state index contributed by atoms with van der Waals surface area (Å²) >= 11 is 3.29. The summed E-state index contributed by atoms with van der Waals surface area (Å²) in [6.45, 7) is 1.72. The van der Waals surface area contributed by atoms with Gasteiger partial charge in [0, 0.05) is 40.6 Å². The van der Waals surface area contributed by atoms with E-state index in [9.17, 15) is 14.9 Å². The van der Waals surface area contributed by atoms with Crippen LogP contribution in [0.3, 0.4) is 0 Å². The Morgan fingerprint density at radius 1 is 1.33 bits per heavy atom. The molecule has 0 saturated carbocycles. The van der Waals surface area contributed by atoms with E-state index in [-0.39, 0.29) is 11.1 Å². The fourth-order valence-corrected chi connectivity index (χ4v) is 2.13. The smallest absolute Gasteiger partial charge is 0.270 e. The maximum absolute atomic E-state index is 11.3. The standard InChI is InChI=1S/C12H9BrN2O3/c1-8-7-14(5-4-12(8)16)11-3-2-9(15(17)18)6-10(11)13/h2-7H,1H3. The molecule has 2 rings (SSSR count). The highest BCUT2D eigenvalue weighted by Crippen LogP contribution is 2.25. The molecule has 0 N–H and O–H groups in total. The number of halogens is 1. The van der Waals surface area contributed by atoms with Gasteiger partial charge in [-0.25, -0.2) is 0 Å². The number of non-ortho nitro benzene ring substituents is 1. The average molecular weight is 309 g/mol. The number of hydrogen-bond donors (Lipinski definition) is 0. The van der Waals surface area contributed by atoms with E-state index in [1.165, 1.54) is 18.2 Å². The third-order valence-corrected chi connectivity index (χ3v) is 3.16. The number of aromatic nitrogens is 1. The Kier molecular flexibility index (Phi) is 3.29. The van der Waals surface area contributed by atoms with E-state index >= 15 is 0 Å². The lowest BCUT2D eigenvalue weighted by atomic mass is 10.2. The molecule has 0 aliphatic rings. The van der Waals surface area contributed by atoms with Gasteiger partial charge in [0.2, 0.25) is 0 Å². The number of nitro groups is 1. The first kappa shape index (κ1) is 12.5. The number of nitro benzene ring substituents is 1. The molecule has 0 atom stereocenters. The van der Waals surface area contributed by atoms with Crippen LogP contribution < -0.4 is 5.43 Å². The van der Waals surface area contributed by atoms with Crippen molar-refractivity contribution in [1.29, 1.82) is 0 Å². The molecule has 0 spiro atoms. The Bertz CT molecular complexity index is 679. The number of hydrogen-bond acceptors (Lipinski definition) is 3. The predicted octanol–water partition coefficient (Wildman–Crippen LogP) is 2.82. The summed E-state index contributed by atoms with van der Waals surface area (Å²) in [5, 5.41) is 10.6. The summed E-state index contributed by atoms with van der Waals surface area (Å²) in [6.07, 6.45) is 3.32. The highest BCUT2D eigenvalue weighted by molar-refractivity contribution is 9.10. The fraction of sp³-hybridized carbons (Fsp3) is 0.0833. The van der Waals surface area contributed by atoms with E-state index < -0.39 is 4.92 Å². The third kappa shape index (κ3) is 2.33. The lowest BCUT2D eigenvalue weighted by Gasteiger charge is -2.09. The minimum Gasteiger partial charge on any atom is -0.322 e. The Balaban J connectivity index is 2.54. The molecule has 5 nitrogen and oxygen atoms in total. The van der Waals surface area contributed by atoms with E-state index in [1.54, 1.807) is 30.0 Å². The van der Waals surface area contributed by atoms with Crippen molar-refractivity contribution in [3.8, 4) is 5.69 Å².